The van der Waals surface area contributed by atoms with Gasteiger partial charge in [0.2, 0.25) is 11.7 Å². The zero-order valence-electron chi connectivity index (χ0n) is 27.0. The number of carbonyl (C=O) groups excluding carboxylic acids is 2. The summed E-state index contributed by atoms with van der Waals surface area (Å²) in [5.41, 5.74) is 0.357. The van der Waals surface area contributed by atoms with Crippen LogP contribution >= 0.6 is 11.6 Å². The third kappa shape index (κ3) is 4.84. The van der Waals surface area contributed by atoms with E-state index in [0.29, 0.717) is 44.0 Å². The van der Waals surface area contributed by atoms with E-state index in [4.69, 9.17) is 21.3 Å². The van der Waals surface area contributed by atoms with Gasteiger partial charge in [0.1, 0.15) is 12.3 Å². The topological polar surface area (TPSA) is 144 Å². The van der Waals surface area contributed by atoms with Crippen LogP contribution in [-0.2, 0) is 27.7 Å². The minimum absolute atomic E-state index is 0.00370. The third-order valence-electron chi connectivity index (χ3n) is 11.5. The Hall–Kier alpha value is -4.76. The number of nitrogens with one attached hydrogen (secondary N) is 1. The SMILES string of the molecule is O=C(Cn1c2c(c(=O)n3nc(C4=CCOCC4)nc13)[C@]1(CCN(C(=O)c3ncccc3O)[C@H]3CC[C@H]31)[C@H]1C[C@@H]21)Nc1ccc(C(F)(F)F)cc1Cl. The van der Waals surface area contributed by atoms with Gasteiger partial charge < -0.3 is 24.6 Å². The number of anilines is 1. The normalized spacial score (nSPS) is 26.3. The van der Waals surface area contributed by atoms with Gasteiger partial charge in [-0.15, -0.1) is 5.10 Å². The third-order valence-corrected chi connectivity index (χ3v) is 11.8. The Morgan fingerprint density at radius 3 is 2.73 bits per heavy atom. The summed E-state index contributed by atoms with van der Waals surface area (Å²) in [5.74, 6) is -0.470. The number of hydrogen-bond donors (Lipinski definition) is 2. The van der Waals surface area contributed by atoms with Gasteiger partial charge in [0.05, 0.1) is 29.5 Å². The number of likely N-dealkylation sites (tertiary alicyclic amines) is 1. The molecule has 3 aliphatic carbocycles. The van der Waals surface area contributed by atoms with Crippen LogP contribution in [0, 0.1) is 11.8 Å². The number of benzene rings is 1. The number of nitrogens with zero attached hydrogens (tertiary/aromatic N) is 6. The van der Waals surface area contributed by atoms with Crippen LogP contribution in [0.4, 0.5) is 18.9 Å². The van der Waals surface area contributed by atoms with Gasteiger partial charge in [-0.3, -0.25) is 14.4 Å². The van der Waals surface area contributed by atoms with E-state index >= 15 is 0 Å². The van der Waals surface area contributed by atoms with Crippen molar-refractivity contribution in [2.75, 3.05) is 25.1 Å². The molecule has 5 heterocycles. The number of piperidine rings is 1. The first-order chi connectivity index (χ1) is 24.5. The maximum atomic E-state index is 14.7. The summed E-state index contributed by atoms with van der Waals surface area (Å²) >= 11 is 6.18. The molecule has 264 valence electrons. The molecule has 1 spiro atoms. The molecule has 3 fully saturated rings. The lowest BCUT2D eigenvalue weighted by atomic mass is 9.54. The predicted octanol–water partition coefficient (Wildman–Crippen LogP) is 4.79. The molecule has 3 aromatic heterocycles. The second kappa shape index (κ2) is 11.4. The molecule has 1 saturated heterocycles. The summed E-state index contributed by atoms with van der Waals surface area (Å²) in [6.07, 6.45) is 2.14. The molecular formula is C35H31ClF3N7O5. The van der Waals surface area contributed by atoms with Gasteiger partial charge in [-0.1, -0.05) is 17.7 Å². The molecule has 5 aliphatic rings. The van der Waals surface area contributed by atoms with Gasteiger partial charge in [-0.25, -0.2) is 4.98 Å². The lowest BCUT2D eigenvalue weighted by Crippen LogP contribution is -2.64. The van der Waals surface area contributed by atoms with E-state index in [0.717, 1.165) is 48.7 Å². The highest BCUT2D eigenvalue weighted by molar-refractivity contribution is 6.33. The smallest absolute Gasteiger partial charge is 0.416 e. The minimum atomic E-state index is -4.60. The van der Waals surface area contributed by atoms with Gasteiger partial charge in [-0.05, 0) is 79.8 Å². The van der Waals surface area contributed by atoms with Crippen LogP contribution in [0.2, 0.25) is 5.02 Å². The molecule has 1 aromatic carbocycles. The number of fused-ring (bicyclic) bond motifs is 8. The van der Waals surface area contributed by atoms with Crippen LogP contribution in [0.15, 0.2) is 47.4 Å². The Morgan fingerprint density at radius 1 is 1.18 bits per heavy atom. The Morgan fingerprint density at radius 2 is 2.02 bits per heavy atom. The molecule has 2 amide bonds. The highest BCUT2D eigenvalue weighted by Gasteiger charge is 2.70. The van der Waals surface area contributed by atoms with Crippen molar-refractivity contribution >= 4 is 40.5 Å². The first-order valence-electron chi connectivity index (χ1n) is 16.9. The fourth-order valence-electron chi connectivity index (χ4n) is 9.13. The van der Waals surface area contributed by atoms with Crippen molar-refractivity contribution in [3.8, 4) is 5.75 Å². The van der Waals surface area contributed by atoms with Crippen LogP contribution in [0.1, 0.15) is 71.2 Å². The van der Waals surface area contributed by atoms with Gasteiger partial charge in [0.25, 0.3) is 11.5 Å². The number of rotatable bonds is 5. The van der Waals surface area contributed by atoms with Crippen molar-refractivity contribution in [3.05, 3.63) is 86.3 Å². The number of pyridine rings is 1. The number of carbonyl (C=O) groups is 2. The van der Waals surface area contributed by atoms with E-state index in [-0.39, 0.29) is 69.7 Å². The lowest BCUT2D eigenvalue weighted by Gasteiger charge is -2.58. The molecule has 4 aromatic rings. The number of halogens is 4. The molecular weight excluding hydrogens is 691 g/mol. The average molecular weight is 722 g/mol. The second-order valence-electron chi connectivity index (χ2n) is 14.0. The fourth-order valence-corrected chi connectivity index (χ4v) is 9.36. The number of ether oxygens (including phenoxy) is 1. The summed E-state index contributed by atoms with van der Waals surface area (Å²) in [6.45, 7) is 0.919. The number of hydrogen-bond acceptors (Lipinski definition) is 8. The molecule has 9 rings (SSSR count). The van der Waals surface area contributed by atoms with Gasteiger partial charge in [0.15, 0.2) is 11.5 Å². The maximum absolute atomic E-state index is 14.7. The Kier molecular flexibility index (Phi) is 7.17. The molecule has 0 radical (unpaired) electrons. The average Bonchev–Trinajstić information content (AvgIpc) is 3.67. The van der Waals surface area contributed by atoms with Crippen molar-refractivity contribution in [2.24, 2.45) is 11.8 Å². The molecule has 12 nitrogen and oxygen atoms in total. The highest BCUT2D eigenvalue weighted by atomic mass is 35.5. The zero-order valence-corrected chi connectivity index (χ0v) is 27.7. The highest BCUT2D eigenvalue weighted by Crippen LogP contribution is 2.72. The number of amides is 2. The summed E-state index contributed by atoms with van der Waals surface area (Å²) in [7, 11) is 0. The minimum Gasteiger partial charge on any atom is -0.505 e. The number of alkyl halides is 3. The number of aromatic hydroxyl groups is 1. The summed E-state index contributed by atoms with van der Waals surface area (Å²) in [4.78, 5) is 52.7. The van der Waals surface area contributed by atoms with Crippen molar-refractivity contribution in [1.29, 1.82) is 0 Å². The summed E-state index contributed by atoms with van der Waals surface area (Å²) < 4.78 is 48.3. The van der Waals surface area contributed by atoms with Gasteiger partial charge >= 0.3 is 6.18 Å². The quantitative estimate of drug-likeness (QED) is 0.300. The van der Waals surface area contributed by atoms with Crippen LogP contribution in [-0.4, -0.2) is 71.8 Å². The van der Waals surface area contributed by atoms with Crippen molar-refractivity contribution in [1.82, 2.24) is 29.0 Å². The Balaban J connectivity index is 1.12. The van der Waals surface area contributed by atoms with Crippen molar-refractivity contribution < 1.29 is 32.6 Å². The largest absolute Gasteiger partial charge is 0.505 e. The Labute approximate surface area is 292 Å². The van der Waals surface area contributed by atoms with E-state index < -0.39 is 23.1 Å². The maximum Gasteiger partial charge on any atom is 0.416 e. The second-order valence-corrected chi connectivity index (χ2v) is 14.4. The molecule has 2 aliphatic heterocycles. The van der Waals surface area contributed by atoms with Gasteiger partial charge in [0, 0.05) is 41.4 Å². The van der Waals surface area contributed by atoms with E-state index in [1.807, 2.05) is 6.08 Å². The van der Waals surface area contributed by atoms with Crippen LogP contribution in [0.25, 0.3) is 11.4 Å². The molecule has 51 heavy (non-hydrogen) atoms. The molecule has 5 atom stereocenters. The Bertz CT molecular complexity index is 2250. The summed E-state index contributed by atoms with van der Waals surface area (Å²) in [6, 6.07) is 5.56. The molecule has 2 N–H and O–H groups in total. The van der Waals surface area contributed by atoms with E-state index in [9.17, 15) is 32.7 Å². The predicted molar refractivity (Wildman–Crippen MR) is 176 cm³/mol. The molecule has 16 heteroatoms. The lowest BCUT2D eigenvalue weighted by molar-refractivity contribution is -0.137. The number of aromatic nitrogens is 5. The van der Waals surface area contributed by atoms with Gasteiger partial charge in [-0.2, -0.15) is 22.7 Å². The summed E-state index contributed by atoms with van der Waals surface area (Å²) in [5, 5.41) is 17.4. The van der Waals surface area contributed by atoms with Crippen LogP contribution in [0.3, 0.4) is 0 Å². The first kappa shape index (κ1) is 32.2. The standard InChI is InChI=1S/C35H31ClF3N7O5/c36-22-14-18(35(37,38)39)3-5-23(22)41-26(48)16-45-29-19-15-21(19)34(27(29)31(49)46-33(45)42-30(43-46)17-7-12-51-13-8-17)9-11-44(24-6-4-20(24)34)32(50)28-25(47)2-1-10-40-28/h1-3,5,7,10,14,19-21,24,47H,4,6,8-9,11-13,15-16H2,(H,41,48)/t19-,20-,21+,24+,34+/m1/s1. The molecule has 2 saturated carbocycles. The monoisotopic (exact) mass is 721 g/mol. The van der Waals surface area contributed by atoms with Crippen molar-refractivity contribution in [3.63, 3.8) is 0 Å². The molecule has 0 unspecified atom stereocenters. The van der Waals surface area contributed by atoms with E-state index in [2.05, 4.69) is 15.4 Å². The van der Waals surface area contributed by atoms with E-state index in [1.54, 1.807) is 15.5 Å². The first-order valence-corrected chi connectivity index (χ1v) is 17.3. The van der Waals surface area contributed by atoms with Crippen molar-refractivity contribution in [2.45, 2.75) is 62.2 Å². The van der Waals surface area contributed by atoms with Crippen LogP contribution in [0.5, 0.6) is 5.75 Å². The zero-order chi connectivity index (χ0) is 35.4. The van der Waals surface area contributed by atoms with Crippen LogP contribution < -0.4 is 10.9 Å². The van der Waals surface area contributed by atoms with E-state index in [1.165, 1.54) is 16.8 Å². The molecule has 0 bridgehead atoms. The fraction of sp³-hybridized carbons (Fsp3) is 0.429.